The van der Waals surface area contributed by atoms with Crippen molar-refractivity contribution < 1.29 is 14.4 Å². The van der Waals surface area contributed by atoms with E-state index in [4.69, 9.17) is 0 Å². The number of nitrogens with zero attached hydrogens (tertiary/aromatic N) is 1. The molecule has 0 unspecified atom stereocenters. The van der Waals surface area contributed by atoms with Gasteiger partial charge in [-0.2, -0.15) is 0 Å². The number of anilines is 1. The minimum Gasteiger partial charge on any atom is -0.325 e. The van der Waals surface area contributed by atoms with Gasteiger partial charge in [0.15, 0.2) is 0 Å². The molecule has 2 saturated carbocycles. The molecule has 3 fully saturated rings. The average Bonchev–Trinajstić information content (AvgIpc) is 3.19. The Hall–Kier alpha value is -2.17. The van der Waals surface area contributed by atoms with E-state index in [1.165, 1.54) is 4.90 Å². The van der Waals surface area contributed by atoms with Crippen molar-refractivity contribution in [3.63, 3.8) is 0 Å². The van der Waals surface area contributed by atoms with Gasteiger partial charge >= 0.3 is 0 Å². The zero-order valence-electron chi connectivity index (χ0n) is 13.1. The van der Waals surface area contributed by atoms with E-state index in [1.807, 2.05) is 31.2 Å². The highest BCUT2D eigenvalue weighted by Gasteiger charge is 2.60. The lowest BCUT2D eigenvalue weighted by Gasteiger charge is -2.19. The standard InChI is InChI=1S/C18H20N2O3/c1-10-2-6-13(7-3-10)19-14(21)9-20-17(22)15-11-4-5-12(8-11)16(15)18(20)23/h2-3,6-7,11-12,15-16H,4-5,8-9H2,1H3,(H,19,21)/t11-,12-,15-,16-/m0/s1. The second-order valence-corrected chi connectivity index (χ2v) is 7.06. The van der Waals surface area contributed by atoms with Gasteiger partial charge in [0.25, 0.3) is 0 Å². The number of benzene rings is 1. The Morgan fingerprint density at radius 1 is 1.09 bits per heavy atom. The summed E-state index contributed by atoms with van der Waals surface area (Å²) in [5.41, 5.74) is 1.79. The Kier molecular flexibility index (Phi) is 3.25. The molecular weight excluding hydrogens is 292 g/mol. The lowest BCUT2D eigenvalue weighted by molar-refractivity contribution is -0.143. The maximum Gasteiger partial charge on any atom is 0.244 e. The van der Waals surface area contributed by atoms with Crippen LogP contribution in [-0.4, -0.2) is 29.2 Å². The SMILES string of the molecule is Cc1ccc(NC(=O)CN2C(=O)[C@H]3[C@H]4CC[C@@H](C4)[C@@H]3C2=O)cc1. The molecule has 1 aliphatic heterocycles. The fourth-order valence-electron chi connectivity index (χ4n) is 4.61. The van der Waals surface area contributed by atoms with Gasteiger partial charge in [-0.25, -0.2) is 0 Å². The first-order chi connectivity index (χ1) is 11.0. The van der Waals surface area contributed by atoms with Crippen LogP contribution in [0.2, 0.25) is 0 Å². The molecule has 0 spiro atoms. The summed E-state index contributed by atoms with van der Waals surface area (Å²) < 4.78 is 0. The Morgan fingerprint density at radius 3 is 2.22 bits per heavy atom. The Balaban J connectivity index is 1.44. The van der Waals surface area contributed by atoms with Crippen LogP contribution in [0.15, 0.2) is 24.3 Å². The van der Waals surface area contributed by atoms with E-state index in [0.29, 0.717) is 17.5 Å². The number of fused-ring (bicyclic) bond motifs is 5. The quantitative estimate of drug-likeness (QED) is 0.868. The Labute approximate surface area is 135 Å². The minimum atomic E-state index is -0.317. The molecule has 1 N–H and O–H groups in total. The van der Waals surface area contributed by atoms with Gasteiger partial charge in [0.2, 0.25) is 17.7 Å². The molecule has 23 heavy (non-hydrogen) atoms. The molecule has 1 aromatic rings. The van der Waals surface area contributed by atoms with Crippen LogP contribution in [0.25, 0.3) is 0 Å². The van der Waals surface area contributed by atoms with E-state index in [0.717, 1.165) is 24.8 Å². The number of hydrogen-bond acceptors (Lipinski definition) is 3. The van der Waals surface area contributed by atoms with Crippen LogP contribution in [0.1, 0.15) is 24.8 Å². The number of aryl methyl sites for hydroxylation is 1. The van der Waals surface area contributed by atoms with E-state index < -0.39 is 0 Å². The highest BCUT2D eigenvalue weighted by molar-refractivity contribution is 6.09. The van der Waals surface area contributed by atoms with E-state index in [-0.39, 0.29) is 36.1 Å². The van der Waals surface area contributed by atoms with Crippen LogP contribution in [-0.2, 0) is 14.4 Å². The lowest BCUT2D eigenvalue weighted by Crippen LogP contribution is -2.39. The zero-order valence-corrected chi connectivity index (χ0v) is 13.1. The van der Waals surface area contributed by atoms with Crippen LogP contribution in [0.3, 0.4) is 0 Å². The van der Waals surface area contributed by atoms with Gasteiger partial charge in [0.1, 0.15) is 6.54 Å². The van der Waals surface area contributed by atoms with E-state index in [1.54, 1.807) is 0 Å². The number of carbonyl (C=O) groups is 3. The van der Waals surface area contributed by atoms with E-state index >= 15 is 0 Å². The lowest BCUT2D eigenvalue weighted by atomic mass is 9.81. The molecule has 1 aromatic carbocycles. The van der Waals surface area contributed by atoms with Crippen LogP contribution in [0.4, 0.5) is 5.69 Å². The molecule has 3 aliphatic rings. The number of imide groups is 1. The summed E-state index contributed by atoms with van der Waals surface area (Å²) in [4.78, 5) is 38.5. The van der Waals surface area contributed by atoms with Crippen molar-refractivity contribution in [1.82, 2.24) is 4.90 Å². The van der Waals surface area contributed by atoms with Crippen molar-refractivity contribution in [1.29, 1.82) is 0 Å². The first kappa shape index (κ1) is 14.4. The molecule has 2 aliphatic carbocycles. The van der Waals surface area contributed by atoms with E-state index in [9.17, 15) is 14.4 Å². The summed E-state index contributed by atoms with van der Waals surface area (Å²) in [5.74, 6) is -0.194. The largest absolute Gasteiger partial charge is 0.325 e. The number of likely N-dealkylation sites (tertiary alicyclic amines) is 1. The third-order valence-electron chi connectivity index (χ3n) is 5.66. The summed E-state index contributed by atoms with van der Waals surface area (Å²) in [6, 6.07) is 7.44. The summed E-state index contributed by atoms with van der Waals surface area (Å²) in [7, 11) is 0. The second-order valence-electron chi connectivity index (χ2n) is 7.06. The molecule has 120 valence electrons. The normalized spacial score (nSPS) is 31.6. The van der Waals surface area contributed by atoms with Crippen molar-refractivity contribution >= 4 is 23.4 Å². The Bertz CT molecular complexity index is 654. The highest BCUT2D eigenvalue weighted by atomic mass is 16.2. The Morgan fingerprint density at radius 2 is 1.65 bits per heavy atom. The molecule has 0 aromatic heterocycles. The van der Waals surface area contributed by atoms with Crippen molar-refractivity contribution in [3.05, 3.63) is 29.8 Å². The van der Waals surface area contributed by atoms with Gasteiger partial charge < -0.3 is 5.32 Å². The number of hydrogen-bond donors (Lipinski definition) is 1. The molecule has 5 heteroatoms. The van der Waals surface area contributed by atoms with Crippen molar-refractivity contribution in [2.24, 2.45) is 23.7 Å². The molecule has 2 bridgehead atoms. The maximum absolute atomic E-state index is 12.5. The zero-order chi connectivity index (χ0) is 16.1. The number of nitrogens with one attached hydrogen (secondary N) is 1. The van der Waals surface area contributed by atoms with Gasteiger partial charge in [-0.1, -0.05) is 17.7 Å². The molecule has 0 radical (unpaired) electrons. The van der Waals surface area contributed by atoms with Gasteiger partial charge in [-0.3, -0.25) is 19.3 Å². The minimum absolute atomic E-state index is 0.133. The second kappa shape index (κ2) is 5.18. The third-order valence-corrected chi connectivity index (χ3v) is 5.66. The molecule has 4 rings (SSSR count). The van der Waals surface area contributed by atoms with Crippen LogP contribution in [0, 0.1) is 30.6 Å². The topological polar surface area (TPSA) is 66.5 Å². The monoisotopic (exact) mass is 312 g/mol. The molecule has 1 heterocycles. The van der Waals surface area contributed by atoms with Crippen molar-refractivity contribution in [3.8, 4) is 0 Å². The molecular formula is C18H20N2O3. The molecule has 1 saturated heterocycles. The van der Waals surface area contributed by atoms with Crippen molar-refractivity contribution in [2.45, 2.75) is 26.2 Å². The van der Waals surface area contributed by atoms with Gasteiger partial charge in [-0.15, -0.1) is 0 Å². The smallest absolute Gasteiger partial charge is 0.244 e. The highest BCUT2D eigenvalue weighted by Crippen LogP contribution is 2.56. The fraction of sp³-hybridized carbons (Fsp3) is 0.500. The average molecular weight is 312 g/mol. The maximum atomic E-state index is 12.5. The molecule has 4 atom stereocenters. The van der Waals surface area contributed by atoms with Crippen LogP contribution < -0.4 is 5.32 Å². The predicted molar refractivity (Wildman–Crippen MR) is 84.3 cm³/mol. The summed E-state index contributed by atoms with van der Waals surface area (Å²) in [5, 5.41) is 2.76. The van der Waals surface area contributed by atoms with Gasteiger partial charge in [-0.05, 0) is 50.2 Å². The number of amides is 3. The summed E-state index contributed by atoms with van der Waals surface area (Å²) in [6.07, 6.45) is 3.11. The number of carbonyl (C=O) groups excluding carboxylic acids is 3. The van der Waals surface area contributed by atoms with Gasteiger partial charge in [0, 0.05) is 5.69 Å². The van der Waals surface area contributed by atoms with Crippen molar-refractivity contribution in [2.75, 3.05) is 11.9 Å². The predicted octanol–water partition coefficient (Wildman–Crippen LogP) is 1.96. The molecule has 5 nitrogen and oxygen atoms in total. The van der Waals surface area contributed by atoms with E-state index in [2.05, 4.69) is 5.32 Å². The summed E-state index contributed by atoms with van der Waals surface area (Å²) >= 11 is 0. The van der Waals surface area contributed by atoms with Crippen LogP contribution in [0.5, 0.6) is 0 Å². The fourth-order valence-corrected chi connectivity index (χ4v) is 4.61. The summed E-state index contributed by atoms with van der Waals surface area (Å²) in [6.45, 7) is 1.80. The number of rotatable bonds is 3. The van der Waals surface area contributed by atoms with Gasteiger partial charge in [0.05, 0.1) is 11.8 Å². The first-order valence-electron chi connectivity index (χ1n) is 8.26. The molecule has 3 amide bonds. The third kappa shape index (κ3) is 2.26. The van der Waals surface area contributed by atoms with Crippen LogP contribution >= 0.6 is 0 Å². The first-order valence-corrected chi connectivity index (χ1v) is 8.26.